The van der Waals surface area contributed by atoms with Crippen molar-refractivity contribution in [2.45, 2.75) is 0 Å². The van der Waals surface area contributed by atoms with Crippen molar-refractivity contribution in [3.8, 4) is 11.4 Å². The fourth-order valence-corrected chi connectivity index (χ4v) is 3.19. The predicted octanol–water partition coefficient (Wildman–Crippen LogP) is 3.65. The third-order valence-electron chi connectivity index (χ3n) is 4.40. The van der Waals surface area contributed by atoms with Crippen molar-refractivity contribution in [2.75, 3.05) is 12.4 Å². The van der Waals surface area contributed by atoms with Crippen molar-refractivity contribution < 1.29 is 9.53 Å². The third kappa shape index (κ3) is 3.01. The van der Waals surface area contributed by atoms with Gasteiger partial charge in [-0.05, 0) is 36.4 Å². The van der Waals surface area contributed by atoms with E-state index in [1.165, 1.54) is 17.9 Å². The van der Waals surface area contributed by atoms with Crippen LogP contribution in [-0.2, 0) is 0 Å². The van der Waals surface area contributed by atoms with Gasteiger partial charge in [0.15, 0.2) is 0 Å². The summed E-state index contributed by atoms with van der Waals surface area (Å²) in [6.07, 6.45) is 3.12. The highest BCUT2D eigenvalue weighted by Crippen LogP contribution is 2.29. The van der Waals surface area contributed by atoms with Gasteiger partial charge in [-0.25, -0.2) is 0 Å². The second kappa shape index (κ2) is 7.36. The van der Waals surface area contributed by atoms with Gasteiger partial charge in [-0.2, -0.15) is 0 Å². The van der Waals surface area contributed by atoms with Gasteiger partial charge in [0, 0.05) is 17.3 Å². The molecule has 28 heavy (non-hydrogen) atoms. The van der Waals surface area contributed by atoms with Crippen LogP contribution in [0.3, 0.4) is 0 Å². The number of pyridine rings is 2. The fraction of sp³-hybridized carbons (Fsp3) is 0.0455. The molecule has 0 saturated carbocycles. The SMILES string of the molecule is COc1c(C(=O)Nc2cccnc2)c(=O)n(-c2ccccc2)c2ccccc12. The van der Waals surface area contributed by atoms with E-state index in [1.807, 2.05) is 54.6 Å². The molecule has 4 aromatic rings. The Balaban J connectivity index is 1.99. The zero-order valence-corrected chi connectivity index (χ0v) is 15.1. The Bertz CT molecular complexity index is 1200. The molecule has 0 spiro atoms. The van der Waals surface area contributed by atoms with Crippen LogP contribution < -0.4 is 15.6 Å². The maximum absolute atomic E-state index is 13.4. The number of nitrogens with one attached hydrogen (secondary N) is 1. The smallest absolute Gasteiger partial charge is 0.272 e. The zero-order valence-electron chi connectivity index (χ0n) is 15.1. The minimum absolute atomic E-state index is 0.0612. The summed E-state index contributed by atoms with van der Waals surface area (Å²) in [6.45, 7) is 0. The molecule has 0 unspecified atom stereocenters. The summed E-state index contributed by atoms with van der Waals surface area (Å²) in [5.74, 6) is -0.306. The van der Waals surface area contributed by atoms with Crippen LogP contribution in [0.15, 0.2) is 83.9 Å². The van der Waals surface area contributed by atoms with Crippen molar-refractivity contribution in [3.63, 3.8) is 0 Å². The van der Waals surface area contributed by atoms with Crippen molar-refractivity contribution in [3.05, 3.63) is 95.0 Å². The molecule has 1 amide bonds. The Labute approximate surface area is 161 Å². The standard InChI is InChI=1S/C22H17N3O3/c1-28-20-17-11-5-6-12-18(17)25(16-9-3-2-4-10-16)22(27)19(20)21(26)24-15-8-7-13-23-14-15/h2-14H,1H3,(H,24,26). The van der Waals surface area contributed by atoms with Crippen LogP contribution in [0.5, 0.6) is 5.75 Å². The highest BCUT2D eigenvalue weighted by molar-refractivity contribution is 6.09. The maximum atomic E-state index is 13.4. The van der Waals surface area contributed by atoms with Gasteiger partial charge in [-0.15, -0.1) is 0 Å². The largest absolute Gasteiger partial charge is 0.495 e. The van der Waals surface area contributed by atoms with E-state index >= 15 is 0 Å². The Morgan fingerprint density at radius 3 is 2.46 bits per heavy atom. The van der Waals surface area contributed by atoms with Gasteiger partial charge in [0.25, 0.3) is 11.5 Å². The number of nitrogens with zero attached hydrogens (tertiary/aromatic N) is 2. The number of hydrogen-bond donors (Lipinski definition) is 1. The van der Waals surface area contributed by atoms with Crippen molar-refractivity contribution in [1.29, 1.82) is 0 Å². The van der Waals surface area contributed by atoms with Gasteiger partial charge < -0.3 is 10.1 Å². The van der Waals surface area contributed by atoms with Crippen LogP contribution >= 0.6 is 0 Å². The summed E-state index contributed by atoms with van der Waals surface area (Å²) in [7, 11) is 1.45. The number of amides is 1. The van der Waals surface area contributed by atoms with Gasteiger partial charge in [0.05, 0.1) is 24.5 Å². The molecule has 4 rings (SSSR count). The van der Waals surface area contributed by atoms with E-state index in [2.05, 4.69) is 10.3 Å². The molecule has 1 N–H and O–H groups in total. The van der Waals surface area contributed by atoms with Crippen LogP contribution in [0.25, 0.3) is 16.6 Å². The molecule has 0 saturated heterocycles. The van der Waals surface area contributed by atoms with E-state index in [0.29, 0.717) is 22.3 Å². The lowest BCUT2D eigenvalue weighted by Crippen LogP contribution is -2.29. The average molecular weight is 371 g/mol. The first kappa shape index (κ1) is 17.5. The van der Waals surface area contributed by atoms with Gasteiger partial charge in [0.2, 0.25) is 0 Å². The van der Waals surface area contributed by atoms with Crippen LogP contribution in [0.2, 0.25) is 0 Å². The minimum atomic E-state index is -0.551. The number of rotatable bonds is 4. The Morgan fingerprint density at radius 1 is 1.00 bits per heavy atom. The molecule has 0 aliphatic carbocycles. The molecule has 2 aromatic carbocycles. The predicted molar refractivity (Wildman–Crippen MR) is 108 cm³/mol. The minimum Gasteiger partial charge on any atom is -0.495 e. The lowest BCUT2D eigenvalue weighted by Gasteiger charge is -2.17. The highest BCUT2D eigenvalue weighted by atomic mass is 16.5. The van der Waals surface area contributed by atoms with Gasteiger partial charge in [-0.1, -0.05) is 30.3 Å². The van der Waals surface area contributed by atoms with E-state index in [0.717, 1.165) is 0 Å². The molecular formula is C22H17N3O3. The van der Waals surface area contributed by atoms with Gasteiger partial charge >= 0.3 is 0 Å². The average Bonchev–Trinajstić information content (AvgIpc) is 2.74. The van der Waals surface area contributed by atoms with E-state index < -0.39 is 11.5 Å². The summed E-state index contributed by atoms with van der Waals surface area (Å²) in [5, 5.41) is 3.39. The first-order valence-electron chi connectivity index (χ1n) is 8.69. The van der Waals surface area contributed by atoms with Crippen LogP contribution in [0.4, 0.5) is 5.69 Å². The summed E-state index contributed by atoms with van der Waals surface area (Å²) >= 11 is 0. The molecule has 6 nitrogen and oxygen atoms in total. The molecule has 0 aliphatic rings. The Hall–Kier alpha value is -3.93. The first-order chi connectivity index (χ1) is 13.7. The number of para-hydroxylation sites is 2. The number of fused-ring (bicyclic) bond motifs is 1. The summed E-state index contributed by atoms with van der Waals surface area (Å²) < 4.78 is 7.02. The zero-order chi connectivity index (χ0) is 19.5. The van der Waals surface area contributed by atoms with Crippen LogP contribution in [0.1, 0.15) is 10.4 Å². The molecule has 2 heterocycles. The van der Waals surface area contributed by atoms with Crippen molar-refractivity contribution in [1.82, 2.24) is 9.55 Å². The molecule has 0 bridgehead atoms. The molecule has 0 aliphatic heterocycles. The quantitative estimate of drug-likeness (QED) is 0.594. The molecule has 0 radical (unpaired) electrons. The van der Waals surface area contributed by atoms with Crippen LogP contribution in [-0.4, -0.2) is 22.6 Å². The van der Waals surface area contributed by atoms with Gasteiger partial charge in [-0.3, -0.25) is 19.1 Å². The normalized spacial score (nSPS) is 10.6. The second-order valence-electron chi connectivity index (χ2n) is 6.10. The maximum Gasteiger partial charge on any atom is 0.272 e. The number of anilines is 1. The van der Waals surface area contributed by atoms with Crippen molar-refractivity contribution >= 4 is 22.5 Å². The number of carbonyl (C=O) groups excluding carboxylic acids is 1. The number of carbonyl (C=O) groups is 1. The number of hydrogen-bond acceptors (Lipinski definition) is 4. The molecule has 6 heteroatoms. The molecule has 0 fully saturated rings. The Morgan fingerprint density at radius 2 is 1.75 bits per heavy atom. The summed E-state index contributed by atoms with van der Waals surface area (Å²) in [4.78, 5) is 30.4. The number of aromatic nitrogens is 2. The van der Waals surface area contributed by atoms with Crippen molar-refractivity contribution in [2.24, 2.45) is 0 Å². The van der Waals surface area contributed by atoms with E-state index in [1.54, 1.807) is 18.3 Å². The summed E-state index contributed by atoms with van der Waals surface area (Å²) in [5.41, 5.74) is 1.31. The lowest BCUT2D eigenvalue weighted by molar-refractivity contribution is 0.102. The third-order valence-corrected chi connectivity index (χ3v) is 4.40. The fourth-order valence-electron chi connectivity index (χ4n) is 3.19. The number of ether oxygens (including phenoxy) is 1. The number of methoxy groups -OCH3 is 1. The van der Waals surface area contributed by atoms with E-state index in [-0.39, 0.29) is 11.3 Å². The number of benzene rings is 2. The molecule has 0 atom stereocenters. The monoisotopic (exact) mass is 371 g/mol. The highest BCUT2D eigenvalue weighted by Gasteiger charge is 2.24. The molecule has 2 aromatic heterocycles. The molecule has 138 valence electrons. The van der Waals surface area contributed by atoms with E-state index in [9.17, 15) is 9.59 Å². The second-order valence-corrected chi connectivity index (χ2v) is 6.10. The topological polar surface area (TPSA) is 73.2 Å². The van der Waals surface area contributed by atoms with Gasteiger partial charge in [0.1, 0.15) is 11.3 Å². The van der Waals surface area contributed by atoms with Crippen LogP contribution in [0, 0.1) is 0 Å². The first-order valence-corrected chi connectivity index (χ1v) is 8.69. The molecular weight excluding hydrogens is 354 g/mol. The van der Waals surface area contributed by atoms with E-state index in [4.69, 9.17) is 4.74 Å². The summed E-state index contributed by atoms with van der Waals surface area (Å²) in [6, 6.07) is 19.9. The Kier molecular flexibility index (Phi) is 4.60. The lowest BCUT2D eigenvalue weighted by atomic mass is 10.1.